The molecule has 1 aromatic heterocycles. The molecule has 6 heteroatoms. The molecule has 4 nitrogen and oxygen atoms in total. The molecule has 0 spiro atoms. The van der Waals surface area contributed by atoms with Crippen molar-refractivity contribution in [1.29, 1.82) is 5.26 Å². The molecule has 0 bridgehead atoms. The van der Waals surface area contributed by atoms with Gasteiger partial charge in [-0.25, -0.2) is 0 Å². The molecule has 1 saturated heterocycles. The molecule has 0 saturated carbocycles. The van der Waals surface area contributed by atoms with E-state index in [2.05, 4.69) is 16.3 Å². The standard InChI is InChI=1S/C11H15N3O.2ClH/c12-3-1-11(10-2-8-15-9-10)14-6-4-13-5-7-14;;/h2,8-9,11,13H,1,4-7H2;2*1H/t11-;;/m0../s1. The number of nitriles is 1. The summed E-state index contributed by atoms with van der Waals surface area (Å²) in [4.78, 5) is 2.34. The first-order valence-corrected chi connectivity index (χ1v) is 5.25. The lowest BCUT2D eigenvalue weighted by atomic mass is 10.1. The van der Waals surface area contributed by atoms with E-state index in [-0.39, 0.29) is 30.9 Å². The lowest BCUT2D eigenvalue weighted by Gasteiger charge is -2.33. The molecular formula is C11H17Cl2N3O. The molecule has 2 heterocycles. The maximum Gasteiger partial charge on any atom is 0.0950 e. The first-order valence-electron chi connectivity index (χ1n) is 5.25. The summed E-state index contributed by atoms with van der Waals surface area (Å²) in [5.41, 5.74) is 1.11. The van der Waals surface area contributed by atoms with Gasteiger partial charge in [0.1, 0.15) is 0 Å². The lowest BCUT2D eigenvalue weighted by Crippen LogP contribution is -2.45. The minimum Gasteiger partial charge on any atom is -0.472 e. The second-order valence-electron chi connectivity index (χ2n) is 3.72. The Balaban J connectivity index is 0.00000128. The molecule has 0 unspecified atom stereocenters. The largest absolute Gasteiger partial charge is 0.472 e. The van der Waals surface area contributed by atoms with Gasteiger partial charge >= 0.3 is 0 Å². The van der Waals surface area contributed by atoms with Crippen LogP contribution in [0, 0.1) is 11.3 Å². The van der Waals surface area contributed by atoms with Crippen molar-refractivity contribution in [2.75, 3.05) is 26.2 Å². The SMILES string of the molecule is Cl.Cl.N#CC[C@@H](c1ccoc1)N1CCNCC1. The molecule has 17 heavy (non-hydrogen) atoms. The van der Waals surface area contributed by atoms with Gasteiger partial charge < -0.3 is 9.73 Å². The minimum atomic E-state index is 0. The van der Waals surface area contributed by atoms with Gasteiger partial charge in [0, 0.05) is 31.7 Å². The highest BCUT2D eigenvalue weighted by Crippen LogP contribution is 2.24. The number of nitrogens with one attached hydrogen (secondary N) is 1. The van der Waals surface area contributed by atoms with Crippen LogP contribution < -0.4 is 5.32 Å². The van der Waals surface area contributed by atoms with Crippen LogP contribution in [0.15, 0.2) is 23.0 Å². The fourth-order valence-corrected chi connectivity index (χ4v) is 2.00. The predicted octanol–water partition coefficient (Wildman–Crippen LogP) is 1.98. The highest BCUT2D eigenvalue weighted by Gasteiger charge is 2.22. The van der Waals surface area contributed by atoms with Crippen molar-refractivity contribution >= 4 is 24.8 Å². The summed E-state index contributed by atoms with van der Waals surface area (Å²) in [6.07, 6.45) is 3.94. The van der Waals surface area contributed by atoms with Gasteiger partial charge in [0.25, 0.3) is 0 Å². The molecule has 0 aromatic carbocycles. The Kier molecular flexibility index (Phi) is 8.01. The Hall–Kier alpha value is -0.730. The van der Waals surface area contributed by atoms with E-state index in [1.54, 1.807) is 12.5 Å². The van der Waals surface area contributed by atoms with Crippen LogP contribution in [0.1, 0.15) is 18.0 Å². The van der Waals surface area contributed by atoms with Gasteiger partial charge in [0.05, 0.1) is 31.1 Å². The summed E-state index contributed by atoms with van der Waals surface area (Å²) in [6.45, 7) is 3.99. The summed E-state index contributed by atoms with van der Waals surface area (Å²) >= 11 is 0. The van der Waals surface area contributed by atoms with Crippen LogP contribution in [-0.4, -0.2) is 31.1 Å². The molecule has 96 valence electrons. The first kappa shape index (κ1) is 16.3. The quantitative estimate of drug-likeness (QED) is 0.918. The molecule has 1 N–H and O–H groups in total. The van der Waals surface area contributed by atoms with E-state index in [0.717, 1.165) is 31.7 Å². The van der Waals surface area contributed by atoms with Gasteiger partial charge in [-0.15, -0.1) is 24.8 Å². The van der Waals surface area contributed by atoms with Gasteiger partial charge in [-0.3, -0.25) is 4.90 Å². The number of piperazine rings is 1. The monoisotopic (exact) mass is 277 g/mol. The zero-order valence-electron chi connectivity index (χ0n) is 9.46. The third-order valence-corrected chi connectivity index (χ3v) is 2.80. The van der Waals surface area contributed by atoms with Crippen molar-refractivity contribution in [2.45, 2.75) is 12.5 Å². The third-order valence-electron chi connectivity index (χ3n) is 2.80. The Labute approximate surface area is 114 Å². The Morgan fingerprint density at radius 3 is 2.65 bits per heavy atom. The molecule has 0 radical (unpaired) electrons. The van der Waals surface area contributed by atoms with Crippen LogP contribution in [0.5, 0.6) is 0 Å². The number of nitrogens with zero attached hydrogens (tertiary/aromatic N) is 2. The van der Waals surface area contributed by atoms with Gasteiger partial charge in [0.15, 0.2) is 0 Å². The normalized spacial score (nSPS) is 17.4. The third kappa shape index (κ3) is 4.21. The van der Waals surface area contributed by atoms with Gasteiger partial charge in [-0.05, 0) is 6.07 Å². The van der Waals surface area contributed by atoms with E-state index >= 15 is 0 Å². The molecular weight excluding hydrogens is 261 g/mol. The van der Waals surface area contributed by atoms with Crippen molar-refractivity contribution in [3.63, 3.8) is 0 Å². The number of hydrogen-bond donors (Lipinski definition) is 1. The first-order chi connectivity index (χ1) is 7.42. The topological polar surface area (TPSA) is 52.2 Å². The average Bonchev–Trinajstić information content (AvgIpc) is 2.80. The second-order valence-corrected chi connectivity index (χ2v) is 3.72. The van der Waals surface area contributed by atoms with Crippen molar-refractivity contribution in [3.05, 3.63) is 24.2 Å². The maximum atomic E-state index is 8.84. The number of halogens is 2. The Morgan fingerprint density at radius 1 is 1.41 bits per heavy atom. The fourth-order valence-electron chi connectivity index (χ4n) is 2.00. The van der Waals surface area contributed by atoms with E-state index in [1.807, 2.05) is 6.07 Å². The van der Waals surface area contributed by atoms with Crippen LogP contribution in [0.2, 0.25) is 0 Å². The Morgan fingerprint density at radius 2 is 2.12 bits per heavy atom. The van der Waals surface area contributed by atoms with E-state index < -0.39 is 0 Å². The summed E-state index contributed by atoms with van der Waals surface area (Å²) in [7, 11) is 0. The summed E-state index contributed by atoms with van der Waals surface area (Å²) in [5.74, 6) is 0. The fraction of sp³-hybridized carbons (Fsp3) is 0.545. The zero-order chi connectivity index (χ0) is 10.5. The zero-order valence-corrected chi connectivity index (χ0v) is 11.1. The average molecular weight is 278 g/mol. The van der Waals surface area contributed by atoms with Crippen LogP contribution in [0.3, 0.4) is 0 Å². The summed E-state index contributed by atoms with van der Waals surface area (Å²) < 4.78 is 5.08. The highest BCUT2D eigenvalue weighted by molar-refractivity contribution is 5.85. The summed E-state index contributed by atoms with van der Waals surface area (Å²) in [6, 6.07) is 4.39. The second kappa shape index (κ2) is 8.37. The van der Waals surface area contributed by atoms with Crippen molar-refractivity contribution in [1.82, 2.24) is 10.2 Å². The Bertz CT molecular complexity index is 331. The van der Waals surface area contributed by atoms with Crippen LogP contribution >= 0.6 is 24.8 Å². The molecule has 0 aliphatic carbocycles. The van der Waals surface area contributed by atoms with E-state index in [0.29, 0.717) is 6.42 Å². The number of hydrogen-bond acceptors (Lipinski definition) is 4. The molecule has 0 amide bonds. The highest BCUT2D eigenvalue weighted by atomic mass is 35.5. The van der Waals surface area contributed by atoms with E-state index in [4.69, 9.17) is 9.68 Å². The van der Waals surface area contributed by atoms with Gasteiger partial charge in [-0.1, -0.05) is 0 Å². The van der Waals surface area contributed by atoms with Crippen LogP contribution in [-0.2, 0) is 0 Å². The lowest BCUT2D eigenvalue weighted by molar-refractivity contribution is 0.175. The summed E-state index contributed by atoms with van der Waals surface area (Å²) in [5, 5.41) is 12.2. The molecule has 1 atom stereocenters. The molecule has 1 fully saturated rings. The van der Waals surface area contributed by atoms with Crippen molar-refractivity contribution < 1.29 is 4.42 Å². The van der Waals surface area contributed by atoms with E-state index in [1.165, 1.54) is 0 Å². The molecule has 2 rings (SSSR count). The van der Waals surface area contributed by atoms with E-state index in [9.17, 15) is 0 Å². The molecule has 1 aromatic rings. The smallest absolute Gasteiger partial charge is 0.0950 e. The number of furan rings is 1. The van der Waals surface area contributed by atoms with Gasteiger partial charge in [-0.2, -0.15) is 5.26 Å². The predicted molar refractivity (Wildman–Crippen MR) is 70.6 cm³/mol. The minimum absolute atomic E-state index is 0. The maximum absolute atomic E-state index is 8.84. The van der Waals surface area contributed by atoms with Crippen molar-refractivity contribution in [3.8, 4) is 6.07 Å². The molecule has 1 aliphatic heterocycles. The number of rotatable bonds is 3. The van der Waals surface area contributed by atoms with Crippen LogP contribution in [0.4, 0.5) is 0 Å². The van der Waals surface area contributed by atoms with Crippen molar-refractivity contribution in [2.24, 2.45) is 0 Å². The van der Waals surface area contributed by atoms with Crippen LogP contribution in [0.25, 0.3) is 0 Å². The molecule has 1 aliphatic rings. The van der Waals surface area contributed by atoms with Gasteiger partial charge in [0.2, 0.25) is 0 Å².